The smallest absolute Gasteiger partial charge is 0.410 e. The van der Waals surface area contributed by atoms with Crippen molar-refractivity contribution in [3.8, 4) is 11.5 Å². The second-order valence-corrected chi connectivity index (χ2v) is 14.0. The van der Waals surface area contributed by atoms with E-state index in [2.05, 4.69) is 59.5 Å². The molecule has 7 nitrogen and oxygen atoms in total. The lowest BCUT2D eigenvalue weighted by Gasteiger charge is -2.55. The van der Waals surface area contributed by atoms with E-state index in [-0.39, 0.29) is 17.8 Å². The lowest BCUT2D eigenvalue weighted by atomic mass is 9.72. The van der Waals surface area contributed by atoms with E-state index in [4.69, 9.17) is 18.9 Å². The van der Waals surface area contributed by atoms with E-state index >= 15 is 0 Å². The first-order chi connectivity index (χ1) is 21.8. The second kappa shape index (κ2) is 12.1. The summed E-state index contributed by atoms with van der Waals surface area (Å²) in [6, 6.07) is 25.7. The highest BCUT2D eigenvalue weighted by atomic mass is 16.7. The van der Waals surface area contributed by atoms with Crippen LogP contribution in [-0.2, 0) is 9.47 Å². The zero-order valence-electron chi connectivity index (χ0n) is 26.7. The fourth-order valence-corrected chi connectivity index (χ4v) is 7.03. The monoisotopic (exact) mass is 608 g/mol. The first-order valence-electron chi connectivity index (χ1n) is 16.4. The van der Waals surface area contributed by atoms with Crippen molar-refractivity contribution in [2.45, 2.75) is 64.8 Å². The van der Waals surface area contributed by atoms with Crippen molar-refractivity contribution in [2.75, 3.05) is 44.3 Å². The van der Waals surface area contributed by atoms with Gasteiger partial charge in [0.2, 0.25) is 0 Å². The summed E-state index contributed by atoms with van der Waals surface area (Å²) in [7, 11) is 0. The molecule has 1 atom stereocenters. The van der Waals surface area contributed by atoms with Crippen LogP contribution in [0.4, 0.5) is 10.5 Å². The predicted molar refractivity (Wildman–Crippen MR) is 177 cm³/mol. The van der Waals surface area contributed by atoms with E-state index in [0.717, 1.165) is 82.0 Å². The number of piperidine rings is 1. The van der Waals surface area contributed by atoms with Crippen molar-refractivity contribution >= 4 is 22.9 Å². The third-order valence-corrected chi connectivity index (χ3v) is 9.47. The SMILES string of the molecule is CC(C)(C)OC(=O)N1CCC2(CC1)CN(c1ccc(C3=C(c4ccccc4)COc4cc(OC5CCCCO5)ccc43)cc1)C2. The Labute approximate surface area is 266 Å². The summed E-state index contributed by atoms with van der Waals surface area (Å²) in [5, 5.41) is 0. The lowest BCUT2D eigenvalue weighted by molar-refractivity contribution is -0.105. The zero-order valence-corrected chi connectivity index (χ0v) is 26.7. The van der Waals surface area contributed by atoms with Gasteiger partial charge in [0, 0.05) is 60.9 Å². The van der Waals surface area contributed by atoms with Gasteiger partial charge in [-0.25, -0.2) is 4.79 Å². The van der Waals surface area contributed by atoms with Crippen molar-refractivity contribution in [1.29, 1.82) is 0 Å². The second-order valence-electron chi connectivity index (χ2n) is 14.0. The van der Waals surface area contributed by atoms with Crippen LogP contribution in [-0.4, -0.2) is 62.3 Å². The number of fused-ring (bicyclic) bond motifs is 1. The van der Waals surface area contributed by atoms with Gasteiger partial charge in [-0.05, 0) is 87.4 Å². The minimum atomic E-state index is -0.461. The fraction of sp³-hybridized carbons (Fsp3) is 0.447. The molecule has 3 saturated heterocycles. The summed E-state index contributed by atoms with van der Waals surface area (Å²) in [5.41, 5.74) is 6.85. The molecule has 3 fully saturated rings. The van der Waals surface area contributed by atoms with Gasteiger partial charge in [0.25, 0.3) is 0 Å². The molecule has 1 spiro atoms. The molecule has 4 aliphatic heterocycles. The normalized spacial score (nSPS) is 21.1. The fourth-order valence-electron chi connectivity index (χ4n) is 7.03. The van der Waals surface area contributed by atoms with Crippen molar-refractivity contribution < 1.29 is 23.7 Å². The van der Waals surface area contributed by atoms with Gasteiger partial charge in [-0.3, -0.25) is 0 Å². The maximum absolute atomic E-state index is 12.5. The van der Waals surface area contributed by atoms with Crippen molar-refractivity contribution in [3.05, 3.63) is 89.5 Å². The van der Waals surface area contributed by atoms with E-state index < -0.39 is 5.60 Å². The van der Waals surface area contributed by atoms with E-state index in [1.165, 1.54) is 28.0 Å². The quantitative estimate of drug-likeness (QED) is 0.295. The average molecular weight is 609 g/mol. The standard InChI is InChI=1S/C38H44N2O5/c1-37(2,3)45-36(41)39-20-18-38(19-21-39)25-40(26-38)29-14-12-28(13-15-29)35-31-17-16-30(44-34-11-7-8-22-42-34)23-33(31)43-24-32(35)27-9-5-4-6-10-27/h4-6,9-10,12-17,23,34H,7-8,11,18-22,24-26H2,1-3H3. The Morgan fingerprint density at radius 1 is 0.911 bits per heavy atom. The number of benzene rings is 3. The van der Waals surface area contributed by atoms with Crippen LogP contribution in [0.3, 0.4) is 0 Å². The van der Waals surface area contributed by atoms with Crippen LogP contribution in [0.5, 0.6) is 11.5 Å². The summed E-state index contributed by atoms with van der Waals surface area (Å²) >= 11 is 0. The number of hydrogen-bond acceptors (Lipinski definition) is 6. The largest absolute Gasteiger partial charge is 0.488 e. The van der Waals surface area contributed by atoms with Gasteiger partial charge in [0.15, 0.2) is 6.29 Å². The molecule has 0 bridgehead atoms. The molecule has 0 radical (unpaired) electrons. The Balaban J connectivity index is 1.08. The molecule has 0 aliphatic carbocycles. The van der Waals surface area contributed by atoms with Crippen LogP contribution in [0.25, 0.3) is 11.1 Å². The van der Waals surface area contributed by atoms with Crippen LogP contribution in [0.15, 0.2) is 72.8 Å². The topological polar surface area (TPSA) is 60.5 Å². The van der Waals surface area contributed by atoms with Crippen LogP contribution in [0.2, 0.25) is 0 Å². The van der Waals surface area contributed by atoms with Gasteiger partial charge in [-0.1, -0.05) is 42.5 Å². The number of likely N-dealkylation sites (tertiary alicyclic amines) is 1. The van der Waals surface area contributed by atoms with Crippen LogP contribution in [0.1, 0.15) is 69.6 Å². The van der Waals surface area contributed by atoms with Gasteiger partial charge in [0.05, 0.1) is 6.61 Å². The van der Waals surface area contributed by atoms with Gasteiger partial charge in [-0.2, -0.15) is 0 Å². The van der Waals surface area contributed by atoms with Gasteiger partial charge in [0.1, 0.15) is 23.7 Å². The zero-order chi connectivity index (χ0) is 31.0. The molecule has 3 aromatic carbocycles. The number of rotatable bonds is 5. The third kappa shape index (κ3) is 6.41. The molecule has 1 amide bonds. The van der Waals surface area contributed by atoms with E-state index in [9.17, 15) is 4.79 Å². The number of amides is 1. The van der Waals surface area contributed by atoms with Crippen LogP contribution < -0.4 is 14.4 Å². The molecule has 1 unspecified atom stereocenters. The molecule has 236 valence electrons. The predicted octanol–water partition coefficient (Wildman–Crippen LogP) is 7.78. The summed E-state index contributed by atoms with van der Waals surface area (Å²) in [5.74, 6) is 1.62. The minimum absolute atomic E-state index is 0.190. The highest BCUT2D eigenvalue weighted by Gasteiger charge is 2.46. The molecule has 4 heterocycles. The Morgan fingerprint density at radius 3 is 2.36 bits per heavy atom. The molecule has 7 heteroatoms. The Hall–Kier alpha value is -3.97. The number of anilines is 1. The summed E-state index contributed by atoms with van der Waals surface area (Å²) in [4.78, 5) is 16.9. The van der Waals surface area contributed by atoms with Gasteiger partial charge >= 0.3 is 6.09 Å². The van der Waals surface area contributed by atoms with E-state index in [0.29, 0.717) is 6.61 Å². The number of carbonyl (C=O) groups excluding carboxylic acids is 1. The molecule has 4 aliphatic rings. The van der Waals surface area contributed by atoms with E-state index in [1.54, 1.807) is 0 Å². The number of nitrogens with zero attached hydrogens (tertiary/aromatic N) is 2. The molecule has 7 rings (SSSR count). The highest BCUT2D eigenvalue weighted by Crippen LogP contribution is 2.45. The van der Waals surface area contributed by atoms with Gasteiger partial charge < -0.3 is 28.7 Å². The third-order valence-electron chi connectivity index (χ3n) is 9.47. The average Bonchev–Trinajstić information content (AvgIpc) is 3.03. The summed E-state index contributed by atoms with van der Waals surface area (Å²) in [6.45, 7) is 10.6. The summed E-state index contributed by atoms with van der Waals surface area (Å²) < 4.78 is 23.9. The molecule has 0 N–H and O–H groups in total. The van der Waals surface area contributed by atoms with Gasteiger partial charge in [-0.15, -0.1) is 0 Å². The van der Waals surface area contributed by atoms with Crippen molar-refractivity contribution in [3.63, 3.8) is 0 Å². The minimum Gasteiger partial charge on any atom is -0.488 e. The lowest BCUT2D eigenvalue weighted by Crippen LogP contribution is -2.61. The number of ether oxygens (including phenoxy) is 4. The van der Waals surface area contributed by atoms with E-state index in [1.807, 2.05) is 43.9 Å². The number of hydrogen-bond donors (Lipinski definition) is 0. The molecule has 0 saturated carbocycles. The molecular formula is C38H44N2O5. The van der Waals surface area contributed by atoms with Crippen molar-refractivity contribution in [1.82, 2.24) is 4.90 Å². The Kier molecular flexibility index (Phi) is 7.98. The first-order valence-corrected chi connectivity index (χ1v) is 16.4. The van der Waals surface area contributed by atoms with Crippen LogP contribution in [0, 0.1) is 5.41 Å². The molecular weight excluding hydrogens is 564 g/mol. The number of carbonyl (C=O) groups is 1. The first kappa shape index (κ1) is 29.7. The highest BCUT2D eigenvalue weighted by molar-refractivity contribution is 6.01. The molecule has 45 heavy (non-hydrogen) atoms. The maximum Gasteiger partial charge on any atom is 0.410 e. The maximum atomic E-state index is 12.5. The Bertz CT molecular complexity index is 1540. The van der Waals surface area contributed by atoms with Crippen LogP contribution >= 0.6 is 0 Å². The molecule has 3 aromatic rings. The molecule has 0 aromatic heterocycles. The van der Waals surface area contributed by atoms with Crippen molar-refractivity contribution in [2.24, 2.45) is 5.41 Å². The summed E-state index contributed by atoms with van der Waals surface area (Å²) in [6.07, 6.45) is 4.78. The Morgan fingerprint density at radius 2 is 1.67 bits per heavy atom.